The van der Waals surface area contributed by atoms with Crippen molar-refractivity contribution >= 4 is 17.0 Å². The quantitative estimate of drug-likeness (QED) is 0.790. The average molecular weight is 307 g/mol. The topological polar surface area (TPSA) is 108 Å². The molecule has 0 fully saturated rings. The highest BCUT2D eigenvalue weighted by atomic mass is 16.3. The maximum absolute atomic E-state index is 12.5. The van der Waals surface area contributed by atoms with E-state index in [9.17, 15) is 14.7 Å². The largest absolute Gasteiger partial charge is 0.442 e. The van der Waals surface area contributed by atoms with Gasteiger partial charge in [-0.25, -0.2) is 4.98 Å². The molecule has 1 amide bonds. The third-order valence-electron chi connectivity index (χ3n) is 3.31. The number of aliphatic hydroxyl groups is 1. The highest BCUT2D eigenvalue weighted by Gasteiger charge is 2.25. The molecule has 1 atom stereocenters. The number of rotatable bonds is 4. The van der Waals surface area contributed by atoms with Gasteiger partial charge in [0.05, 0.1) is 24.5 Å². The van der Waals surface area contributed by atoms with E-state index >= 15 is 0 Å². The van der Waals surface area contributed by atoms with Gasteiger partial charge in [-0.05, 0) is 18.8 Å². The maximum Gasteiger partial charge on any atom is 0.262 e. The molecule has 0 aliphatic rings. The summed E-state index contributed by atoms with van der Waals surface area (Å²) in [5.74, 6) is -0.123. The average Bonchev–Trinajstić information content (AvgIpc) is 2.74. The summed E-state index contributed by atoms with van der Waals surface area (Å²) in [6.45, 7) is 7.50. The summed E-state index contributed by atoms with van der Waals surface area (Å²) in [6.07, 6.45) is 1.84. The first kappa shape index (κ1) is 16.2. The number of hydrogen-bond donors (Lipinski definition) is 3. The number of fused-ring (bicyclic) bond motifs is 1. The molecule has 22 heavy (non-hydrogen) atoms. The van der Waals surface area contributed by atoms with Crippen LogP contribution in [-0.2, 0) is 0 Å². The number of carbonyl (C=O) groups excluding carboxylic acids is 1. The molecule has 2 rings (SSSR count). The highest BCUT2D eigenvalue weighted by molar-refractivity contribution is 6.06. The van der Waals surface area contributed by atoms with Gasteiger partial charge in [0, 0.05) is 0 Å². The molecular weight excluding hydrogens is 286 g/mol. The molecule has 120 valence electrons. The standard InChI is InChI=1S/C15H21N3O4/c1-8-10(11-12(20)16-7-17-14(11)22-8)13(21)18-9(6-19)5-15(2,3)4/h7,9,19H,5-6H2,1-4H3,(H,18,21)(H,16,17,20). The lowest BCUT2D eigenvalue weighted by molar-refractivity contribution is 0.0897. The number of carbonyl (C=O) groups is 1. The van der Waals surface area contributed by atoms with Crippen molar-refractivity contribution in [2.75, 3.05) is 6.61 Å². The van der Waals surface area contributed by atoms with Crippen LogP contribution in [0.4, 0.5) is 0 Å². The van der Waals surface area contributed by atoms with E-state index in [4.69, 9.17) is 4.42 Å². The van der Waals surface area contributed by atoms with Crippen LogP contribution in [0, 0.1) is 12.3 Å². The number of aliphatic hydroxyl groups excluding tert-OH is 1. The zero-order chi connectivity index (χ0) is 16.5. The van der Waals surface area contributed by atoms with Crippen molar-refractivity contribution < 1.29 is 14.3 Å². The molecule has 0 aromatic carbocycles. The molecule has 0 radical (unpaired) electrons. The predicted octanol–water partition coefficient (Wildman–Crippen LogP) is 1.35. The minimum atomic E-state index is -0.446. The molecule has 1 unspecified atom stereocenters. The fourth-order valence-corrected chi connectivity index (χ4v) is 2.48. The molecule has 2 heterocycles. The first-order valence-electron chi connectivity index (χ1n) is 7.11. The van der Waals surface area contributed by atoms with E-state index < -0.39 is 17.5 Å². The zero-order valence-electron chi connectivity index (χ0n) is 13.2. The van der Waals surface area contributed by atoms with Crippen molar-refractivity contribution in [3.05, 3.63) is 28.0 Å². The lowest BCUT2D eigenvalue weighted by Gasteiger charge is -2.25. The molecule has 2 aromatic heterocycles. The lowest BCUT2D eigenvalue weighted by atomic mass is 9.88. The maximum atomic E-state index is 12.5. The van der Waals surface area contributed by atoms with E-state index in [1.54, 1.807) is 6.92 Å². The Morgan fingerprint density at radius 1 is 1.50 bits per heavy atom. The number of hydrogen-bond acceptors (Lipinski definition) is 5. The Kier molecular flexibility index (Phi) is 4.37. The van der Waals surface area contributed by atoms with Crippen LogP contribution >= 0.6 is 0 Å². The van der Waals surface area contributed by atoms with Gasteiger partial charge in [0.25, 0.3) is 11.5 Å². The Hall–Kier alpha value is -2.15. The summed E-state index contributed by atoms with van der Waals surface area (Å²) in [5.41, 5.74) is -0.185. The number of aromatic nitrogens is 2. The SMILES string of the molecule is Cc1oc2nc[nH]c(=O)c2c1C(=O)NC(CO)CC(C)(C)C. The Labute approximate surface area is 127 Å². The van der Waals surface area contributed by atoms with E-state index in [1.165, 1.54) is 6.33 Å². The van der Waals surface area contributed by atoms with Gasteiger partial charge >= 0.3 is 0 Å². The van der Waals surface area contributed by atoms with Gasteiger partial charge in [0.1, 0.15) is 11.1 Å². The minimum absolute atomic E-state index is 0.0484. The van der Waals surface area contributed by atoms with Crippen molar-refractivity contribution in [1.82, 2.24) is 15.3 Å². The number of nitrogens with zero attached hydrogens (tertiary/aromatic N) is 1. The van der Waals surface area contributed by atoms with Crippen LogP contribution in [0.15, 0.2) is 15.5 Å². The smallest absolute Gasteiger partial charge is 0.262 e. The summed E-state index contributed by atoms with van der Waals surface area (Å²) in [4.78, 5) is 30.7. The Morgan fingerprint density at radius 2 is 2.18 bits per heavy atom. The van der Waals surface area contributed by atoms with Crippen molar-refractivity contribution in [1.29, 1.82) is 0 Å². The highest BCUT2D eigenvalue weighted by Crippen LogP contribution is 2.23. The summed E-state index contributed by atoms with van der Waals surface area (Å²) < 4.78 is 5.36. The molecule has 0 aliphatic carbocycles. The van der Waals surface area contributed by atoms with Gasteiger partial charge in [-0.1, -0.05) is 20.8 Å². The van der Waals surface area contributed by atoms with Crippen LogP contribution in [0.1, 0.15) is 43.3 Å². The van der Waals surface area contributed by atoms with Crippen LogP contribution in [0.2, 0.25) is 0 Å². The van der Waals surface area contributed by atoms with E-state index in [-0.39, 0.29) is 28.7 Å². The minimum Gasteiger partial charge on any atom is -0.442 e. The van der Waals surface area contributed by atoms with Crippen LogP contribution in [0.3, 0.4) is 0 Å². The van der Waals surface area contributed by atoms with E-state index in [0.29, 0.717) is 12.2 Å². The van der Waals surface area contributed by atoms with Crippen LogP contribution in [-0.4, -0.2) is 33.6 Å². The van der Waals surface area contributed by atoms with Crippen molar-refractivity contribution in [3.8, 4) is 0 Å². The Bertz CT molecular complexity index is 739. The van der Waals surface area contributed by atoms with Gasteiger partial charge < -0.3 is 19.8 Å². The van der Waals surface area contributed by atoms with E-state index in [1.807, 2.05) is 20.8 Å². The van der Waals surface area contributed by atoms with Crippen LogP contribution < -0.4 is 10.9 Å². The molecule has 7 nitrogen and oxygen atoms in total. The van der Waals surface area contributed by atoms with Crippen LogP contribution in [0.5, 0.6) is 0 Å². The van der Waals surface area contributed by atoms with Gasteiger partial charge in [-0.3, -0.25) is 9.59 Å². The second-order valence-electron chi connectivity index (χ2n) is 6.56. The normalized spacial score (nSPS) is 13.3. The molecule has 0 saturated heterocycles. The molecule has 0 aliphatic heterocycles. The van der Waals surface area contributed by atoms with E-state index in [2.05, 4.69) is 15.3 Å². The number of amides is 1. The van der Waals surface area contributed by atoms with Gasteiger partial charge in [0.2, 0.25) is 5.71 Å². The lowest BCUT2D eigenvalue weighted by Crippen LogP contribution is -2.40. The Morgan fingerprint density at radius 3 is 2.77 bits per heavy atom. The molecule has 0 saturated carbocycles. The number of furan rings is 1. The van der Waals surface area contributed by atoms with Gasteiger partial charge in [-0.2, -0.15) is 0 Å². The zero-order valence-corrected chi connectivity index (χ0v) is 13.2. The molecule has 0 bridgehead atoms. The van der Waals surface area contributed by atoms with Gasteiger partial charge in [0.15, 0.2) is 0 Å². The number of aromatic amines is 1. The van der Waals surface area contributed by atoms with Crippen molar-refractivity contribution in [2.45, 2.75) is 40.2 Å². The first-order valence-corrected chi connectivity index (χ1v) is 7.11. The molecular formula is C15H21N3O4. The number of H-pyrrole nitrogens is 1. The van der Waals surface area contributed by atoms with Gasteiger partial charge in [-0.15, -0.1) is 0 Å². The molecule has 7 heteroatoms. The molecule has 3 N–H and O–H groups in total. The molecule has 0 spiro atoms. The second-order valence-corrected chi connectivity index (χ2v) is 6.56. The third kappa shape index (κ3) is 3.36. The summed E-state index contributed by atoms with van der Waals surface area (Å²) in [6, 6.07) is -0.396. The Balaban J connectivity index is 2.34. The number of aryl methyl sites for hydroxylation is 1. The van der Waals surface area contributed by atoms with Crippen molar-refractivity contribution in [3.63, 3.8) is 0 Å². The van der Waals surface area contributed by atoms with Crippen molar-refractivity contribution in [2.24, 2.45) is 5.41 Å². The predicted molar refractivity (Wildman–Crippen MR) is 81.8 cm³/mol. The fraction of sp³-hybridized carbons (Fsp3) is 0.533. The first-order chi connectivity index (χ1) is 10.2. The fourth-order valence-electron chi connectivity index (χ4n) is 2.48. The third-order valence-corrected chi connectivity index (χ3v) is 3.31. The summed E-state index contributed by atoms with van der Waals surface area (Å²) >= 11 is 0. The molecule has 2 aromatic rings. The summed E-state index contributed by atoms with van der Waals surface area (Å²) in [7, 11) is 0. The number of nitrogens with one attached hydrogen (secondary N) is 2. The summed E-state index contributed by atoms with van der Waals surface area (Å²) in [5, 5.41) is 12.3. The van der Waals surface area contributed by atoms with Crippen LogP contribution in [0.25, 0.3) is 11.1 Å². The monoisotopic (exact) mass is 307 g/mol. The second kappa shape index (κ2) is 5.92. The van der Waals surface area contributed by atoms with E-state index in [0.717, 1.165) is 0 Å².